The van der Waals surface area contributed by atoms with E-state index in [-0.39, 0.29) is 0 Å². The molecule has 0 saturated carbocycles. The van der Waals surface area contributed by atoms with E-state index < -0.39 is 0 Å². The van der Waals surface area contributed by atoms with Crippen molar-refractivity contribution in [1.29, 1.82) is 0 Å². The van der Waals surface area contributed by atoms with Gasteiger partial charge >= 0.3 is 0 Å². The third-order valence-electron chi connectivity index (χ3n) is 2.14. The van der Waals surface area contributed by atoms with Crippen LogP contribution in [0.15, 0.2) is 18.2 Å². The minimum Gasteiger partial charge on any atom is -0.366 e. The van der Waals surface area contributed by atoms with Crippen LogP contribution in [-0.4, -0.2) is 13.2 Å². The van der Waals surface area contributed by atoms with Crippen LogP contribution in [0.3, 0.4) is 0 Å². The fourth-order valence-electron chi connectivity index (χ4n) is 1.46. The van der Waals surface area contributed by atoms with Crippen molar-refractivity contribution in [3.05, 3.63) is 23.2 Å². The first-order valence-corrected chi connectivity index (χ1v) is 4.47. The predicted molar refractivity (Wildman–Crippen MR) is 53.0 cm³/mol. The minimum atomic E-state index is 0.802. The van der Waals surface area contributed by atoms with Crippen LogP contribution in [0.2, 0.25) is 5.02 Å². The van der Waals surface area contributed by atoms with Gasteiger partial charge in [0.2, 0.25) is 0 Å². The number of halogens is 1. The first-order chi connectivity index (χ1) is 5.81. The molecule has 0 amide bonds. The molecule has 0 fully saturated rings. The third-order valence-corrected chi connectivity index (χ3v) is 2.38. The molecule has 1 aromatic carbocycles. The summed E-state index contributed by atoms with van der Waals surface area (Å²) in [5.74, 6) is 0. The van der Waals surface area contributed by atoms with E-state index in [1.54, 1.807) is 0 Å². The summed E-state index contributed by atoms with van der Waals surface area (Å²) in [5.41, 5.74) is 2.39. The Morgan fingerprint density at radius 2 is 2.42 bits per heavy atom. The molecule has 0 atom stereocenters. The molecular weight excluding hydrogens is 172 g/mol. The summed E-state index contributed by atoms with van der Waals surface area (Å²) in [6.07, 6.45) is 0. The molecule has 0 saturated heterocycles. The first-order valence-electron chi connectivity index (χ1n) is 4.09. The van der Waals surface area contributed by atoms with Gasteiger partial charge in [0, 0.05) is 11.6 Å². The van der Waals surface area contributed by atoms with Crippen molar-refractivity contribution in [2.45, 2.75) is 6.92 Å². The number of fused-ring (bicyclic) bond motifs is 1. The lowest BCUT2D eigenvalue weighted by Crippen LogP contribution is -2.21. The number of nitrogens with one attached hydrogen (secondary N) is 1. The van der Waals surface area contributed by atoms with Gasteiger partial charge in [0.05, 0.1) is 18.0 Å². The molecule has 0 aliphatic carbocycles. The number of hydrogen-bond acceptors (Lipinski definition) is 2. The molecule has 1 aromatic rings. The molecule has 1 aliphatic heterocycles. The Bertz CT molecular complexity index is 299. The van der Waals surface area contributed by atoms with Crippen molar-refractivity contribution in [2.24, 2.45) is 0 Å². The molecular formula is C9H11ClN2. The lowest BCUT2D eigenvalue weighted by atomic mass is 10.2. The topological polar surface area (TPSA) is 15.3 Å². The molecule has 0 radical (unpaired) electrons. The van der Waals surface area contributed by atoms with Crippen molar-refractivity contribution in [1.82, 2.24) is 0 Å². The number of nitrogens with zero attached hydrogens (tertiary/aromatic N) is 1. The molecule has 1 heterocycles. The first kappa shape index (κ1) is 7.74. The van der Waals surface area contributed by atoms with Crippen molar-refractivity contribution in [3.8, 4) is 0 Å². The highest BCUT2D eigenvalue weighted by molar-refractivity contribution is 6.31. The van der Waals surface area contributed by atoms with E-state index in [0.717, 1.165) is 18.2 Å². The molecule has 1 N–H and O–H groups in total. The van der Waals surface area contributed by atoms with Crippen molar-refractivity contribution >= 4 is 23.0 Å². The molecule has 1 aliphatic rings. The van der Waals surface area contributed by atoms with Crippen LogP contribution in [0.25, 0.3) is 0 Å². The minimum absolute atomic E-state index is 0.802. The van der Waals surface area contributed by atoms with Crippen LogP contribution >= 0.6 is 11.6 Å². The summed E-state index contributed by atoms with van der Waals surface area (Å²) in [4.78, 5) is 2.25. The van der Waals surface area contributed by atoms with E-state index in [2.05, 4.69) is 17.1 Å². The molecule has 2 nitrogen and oxygen atoms in total. The fourth-order valence-corrected chi connectivity index (χ4v) is 1.63. The molecule has 2 rings (SSSR count). The van der Waals surface area contributed by atoms with Gasteiger partial charge in [-0.25, -0.2) is 0 Å². The summed E-state index contributed by atoms with van der Waals surface area (Å²) in [7, 11) is 0. The largest absolute Gasteiger partial charge is 0.366 e. The second-order valence-corrected chi connectivity index (χ2v) is 3.29. The zero-order chi connectivity index (χ0) is 8.55. The van der Waals surface area contributed by atoms with Gasteiger partial charge < -0.3 is 10.2 Å². The second kappa shape index (κ2) is 2.87. The highest BCUT2D eigenvalue weighted by Crippen LogP contribution is 2.32. The van der Waals surface area contributed by atoms with Gasteiger partial charge in [-0.15, -0.1) is 0 Å². The van der Waals surface area contributed by atoms with E-state index in [9.17, 15) is 0 Å². The Balaban J connectivity index is 2.42. The smallest absolute Gasteiger partial charge is 0.0877 e. The summed E-state index contributed by atoms with van der Waals surface area (Å²) in [6.45, 7) is 4.05. The van der Waals surface area contributed by atoms with E-state index in [0.29, 0.717) is 0 Å². The van der Waals surface area contributed by atoms with E-state index in [1.165, 1.54) is 11.4 Å². The molecule has 12 heavy (non-hydrogen) atoms. The third kappa shape index (κ3) is 1.12. The Kier molecular flexibility index (Phi) is 1.85. The van der Waals surface area contributed by atoms with Crippen LogP contribution in [0.1, 0.15) is 6.92 Å². The lowest BCUT2D eigenvalue weighted by Gasteiger charge is -2.14. The van der Waals surface area contributed by atoms with Gasteiger partial charge in [-0.3, -0.25) is 0 Å². The average molecular weight is 183 g/mol. The van der Waals surface area contributed by atoms with Crippen molar-refractivity contribution in [2.75, 3.05) is 23.4 Å². The Labute approximate surface area is 77.1 Å². The highest BCUT2D eigenvalue weighted by atomic mass is 35.5. The number of hydrogen-bond donors (Lipinski definition) is 1. The molecule has 64 valence electrons. The summed E-state index contributed by atoms with van der Waals surface area (Å²) >= 11 is 5.89. The highest BCUT2D eigenvalue weighted by Gasteiger charge is 2.16. The molecule has 0 bridgehead atoms. The summed E-state index contributed by atoms with van der Waals surface area (Å²) in [6, 6.07) is 5.93. The zero-order valence-corrected chi connectivity index (χ0v) is 7.73. The number of rotatable bonds is 1. The standard InChI is InChI=1S/C9H11ClN2/c1-2-12-6-11-8-4-3-7(10)5-9(8)12/h3-5,11H,2,6H2,1H3. The van der Waals surface area contributed by atoms with E-state index >= 15 is 0 Å². The van der Waals surface area contributed by atoms with Gasteiger partial charge in [-0.2, -0.15) is 0 Å². The Morgan fingerprint density at radius 3 is 3.17 bits per heavy atom. The zero-order valence-electron chi connectivity index (χ0n) is 6.97. The second-order valence-electron chi connectivity index (χ2n) is 2.85. The Morgan fingerprint density at radius 1 is 1.58 bits per heavy atom. The van der Waals surface area contributed by atoms with Gasteiger partial charge in [-0.1, -0.05) is 11.6 Å². The molecule has 3 heteroatoms. The summed E-state index contributed by atoms with van der Waals surface area (Å²) in [5, 5.41) is 4.10. The van der Waals surface area contributed by atoms with Crippen LogP contribution in [0.5, 0.6) is 0 Å². The predicted octanol–water partition coefficient (Wildman–Crippen LogP) is 2.55. The quantitative estimate of drug-likeness (QED) is 0.718. The van der Waals surface area contributed by atoms with Gasteiger partial charge in [0.25, 0.3) is 0 Å². The van der Waals surface area contributed by atoms with Crippen LogP contribution < -0.4 is 10.2 Å². The molecule has 0 spiro atoms. The lowest BCUT2D eigenvalue weighted by molar-refractivity contribution is 0.911. The number of benzene rings is 1. The maximum Gasteiger partial charge on any atom is 0.0877 e. The van der Waals surface area contributed by atoms with Crippen LogP contribution in [-0.2, 0) is 0 Å². The Hall–Kier alpha value is -0.890. The number of anilines is 2. The maximum atomic E-state index is 5.89. The molecule has 0 unspecified atom stereocenters. The molecule has 0 aromatic heterocycles. The van der Waals surface area contributed by atoms with Crippen LogP contribution in [0.4, 0.5) is 11.4 Å². The van der Waals surface area contributed by atoms with Gasteiger partial charge in [0.15, 0.2) is 0 Å². The van der Waals surface area contributed by atoms with E-state index in [4.69, 9.17) is 11.6 Å². The van der Waals surface area contributed by atoms with Crippen LogP contribution in [0, 0.1) is 0 Å². The SMILES string of the molecule is CCN1CNc2ccc(Cl)cc21. The summed E-state index contributed by atoms with van der Waals surface area (Å²) < 4.78 is 0. The van der Waals surface area contributed by atoms with Gasteiger partial charge in [-0.05, 0) is 25.1 Å². The van der Waals surface area contributed by atoms with Crippen molar-refractivity contribution < 1.29 is 0 Å². The van der Waals surface area contributed by atoms with Gasteiger partial charge in [0.1, 0.15) is 0 Å². The maximum absolute atomic E-state index is 5.89. The van der Waals surface area contributed by atoms with E-state index in [1.807, 2.05) is 18.2 Å². The fraction of sp³-hybridized carbons (Fsp3) is 0.333. The van der Waals surface area contributed by atoms with Crippen molar-refractivity contribution in [3.63, 3.8) is 0 Å². The monoisotopic (exact) mass is 182 g/mol. The average Bonchev–Trinajstić information content (AvgIpc) is 2.46. The normalized spacial score (nSPS) is 14.3.